The van der Waals surface area contributed by atoms with E-state index >= 15 is 0 Å². The zero-order chi connectivity index (χ0) is 18.8. The second-order valence-electron chi connectivity index (χ2n) is 6.72. The highest BCUT2D eigenvalue weighted by atomic mass is 127. The summed E-state index contributed by atoms with van der Waals surface area (Å²) in [6, 6.07) is 5.83. The molecule has 0 radical (unpaired) electrons. The van der Waals surface area contributed by atoms with E-state index < -0.39 is 0 Å². The molecule has 0 aliphatic heterocycles. The molecule has 0 unspecified atom stereocenters. The molecule has 1 aliphatic carbocycles. The first kappa shape index (κ1) is 23.8. The van der Waals surface area contributed by atoms with E-state index in [1.807, 2.05) is 25.1 Å². The van der Waals surface area contributed by atoms with Crippen molar-refractivity contribution in [1.82, 2.24) is 5.32 Å². The van der Waals surface area contributed by atoms with Gasteiger partial charge in [0.05, 0.1) is 13.7 Å². The van der Waals surface area contributed by atoms with Crippen molar-refractivity contribution in [3.8, 4) is 11.5 Å². The van der Waals surface area contributed by atoms with Gasteiger partial charge in [-0.1, -0.05) is 6.42 Å². The molecule has 1 aliphatic rings. The lowest BCUT2D eigenvalue weighted by atomic mass is 9.67. The van der Waals surface area contributed by atoms with Gasteiger partial charge < -0.3 is 24.8 Å². The Hall–Kier alpha value is -1.22. The molecule has 154 valence electrons. The van der Waals surface area contributed by atoms with E-state index in [-0.39, 0.29) is 24.0 Å². The zero-order valence-corrected chi connectivity index (χ0v) is 19.3. The van der Waals surface area contributed by atoms with Crippen LogP contribution in [0.2, 0.25) is 0 Å². The van der Waals surface area contributed by atoms with Crippen molar-refractivity contribution in [2.45, 2.75) is 39.5 Å². The minimum Gasteiger partial charge on any atom is -0.493 e. The van der Waals surface area contributed by atoms with Gasteiger partial charge in [-0.15, -0.1) is 24.0 Å². The number of ether oxygens (including phenoxy) is 3. The molecule has 6 nitrogen and oxygen atoms in total. The van der Waals surface area contributed by atoms with Crippen LogP contribution in [0.5, 0.6) is 11.5 Å². The third kappa shape index (κ3) is 7.03. The number of methoxy groups -OCH3 is 2. The van der Waals surface area contributed by atoms with Crippen molar-refractivity contribution in [3.63, 3.8) is 0 Å². The molecule has 0 amide bonds. The Balaban J connectivity index is 0.00000364. The summed E-state index contributed by atoms with van der Waals surface area (Å²) < 4.78 is 16.3. The number of halogens is 1. The second kappa shape index (κ2) is 12.3. The molecule has 1 saturated carbocycles. The van der Waals surface area contributed by atoms with Gasteiger partial charge in [-0.3, -0.25) is 4.99 Å². The fourth-order valence-electron chi connectivity index (χ4n) is 3.19. The number of guanidine groups is 1. The normalized spacial score (nSPS) is 15.3. The molecule has 1 fully saturated rings. The van der Waals surface area contributed by atoms with Crippen LogP contribution >= 0.6 is 24.0 Å². The van der Waals surface area contributed by atoms with Crippen molar-refractivity contribution >= 4 is 35.6 Å². The van der Waals surface area contributed by atoms with Crippen molar-refractivity contribution < 1.29 is 14.2 Å². The van der Waals surface area contributed by atoms with E-state index in [4.69, 9.17) is 19.2 Å². The summed E-state index contributed by atoms with van der Waals surface area (Å²) in [7, 11) is 3.41. The molecular weight excluding hydrogens is 457 g/mol. The summed E-state index contributed by atoms with van der Waals surface area (Å²) >= 11 is 0. The highest BCUT2D eigenvalue weighted by Gasteiger charge is 2.36. The van der Waals surface area contributed by atoms with Crippen LogP contribution in [0, 0.1) is 5.41 Å². The maximum absolute atomic E-state index is 5.58. The summed E-state index contributed by atoms with van der Waals surface area (Å²) in [5.41, 5.74) is 1.22. The van der Waals surface area contributed by atoms with E-state index in [1.165, 1.54) is 19.3 Å². The first-order valence-electron chi connectivity index (χ1n) is 9.51. The summed E-state index contributed by atoms with van der Waals surface area (Å²) in [4.78, 5) is 4.84. The van der Waals surface area contributed by atoms with Crippen molar-refractivity contribution in [3.05, 3.63) is 18.2 Å². The van der Waals surface area contributed by atoms with Crippen LogP contribution < -0.4 is 20.1 Å². The van der Waals surface area contributed by atoms with Gasteiger partial charge in [-0.05, 0) is 50.7 Å². The third-order valence-corrected chi connectivity index (χ3v) is 4.89. The van der Waals surface area contributed by atoms with Gasteiger partial charge in [0.25, 0.3) is 0 Å². The highest BCUT2D eigenvalue weighted by Crippen LogP contribution is 2.44. The molecule has 0 atom stereocenters. The molecule has 7 heteroatoms. The van der Waals surface area contributed by atoms with Crippen LogP contribution in [-0.2, 0) is 4.74 Å². The minimum atomic E-state index is 0. The van der Waals surface area contributed by atoms with Crippen molar-refractivity contribution in [1.29, 1.82) is 0 Å². The Morgan fingerprint density at radius 1 is 1.19 bits per heavy atom. The molecule has 0 aromatic heterocycles. The summed E-state index contributed by atoms with van der Waals surface area (Å²) in [5, 5.41) is 6.69. The molecule has 27 heavy (non-hydrogen) atoms. The van der Waals surface area contributed by atoms with Crippen molar-refractivity contribution in [2.24, 2.45) is 10.4 Å². The molecular formula is C20H34IN3O3. The van der Waals surface area contributed by atoms with Crippen LogP contribution in [0.1, 0.15) is 39.5 Å². The molecule has 0 spiro atoms. The van der Waals surface area contributed by atoms with Gasteiger partial charge in [0.15, 0.2) is 17.5 Å². The average molecular weight is 491 g/mol. The van der Waals surface area contributed by atoms with Gasteiger partial charge in [0.1, 0.15) is 0 Å². The smallest absolute Gasteiger partial charge is 0.195 e. The molecule has 2 rings (SSSR count). The summed E-state index contributed by atoms with van der Waals surface area (Å²) in [5.74, 6) is 2.25. The lowest BCUT2D eigenvalue weighted by molar-refractivity contribution is 0.0779. The van der Waals surface area contributed by atoms with E-state index in [2.05, 4.69) is 17.6 Å². The largest absolute Gasteiger partial charge is 0.493 e. The Bertz CT molecular complexity index is 592. The standard InChI is InChI=1S/C20H33N3O3.HI/c1-5-21-19(22-15-20(10-7-11-20)12-13-24-3)23-16-8-9-17(26-6-2)18(14-16)25-4;/h8-9,14H,5-7,10-13,15H2,1-4H3,(H2,21,22,23);1H. The molecule has 0 saturated heterocycles. The van der Waals surface area contributed by atoms with E-state index in [0.717, 1.165) is 43.5 Å². The Kier molecular flexibility index (Phi) is 10.8. The molecule has 0 heterocycles. The fourth-order valence-corrected chi connectivity index (χ4v) is 3.19. The van der Waals surface area contributed by atoms with Gasteiger partial charge in [-0.25, -0.2) is 0 Å². The van der Waals surface area contributed by atoms with Gasteiger partial charge >= 0.3 is 0 Å². The minimum absolute atomic E-state index is 0. The van der Waals surface area contributed by atoms with Gasteiger partial charge in [-0.2, -0.15) is 0 Å². The summed E-state index contributed by atoms with van der Waals surface area (Å²) in [6.07, 6.45) is 4.83. The monoisotopic (exact) mass is 491 g/mol. The Labute approximate surface area is 180 Å². The number of hydrogen-bond donors (Lipinski definition) is 2. The van der Waals surface area contributed by atoms with Crippen LogP contribution in [0.15, 0.2) is 23.2 Å². The number of anilines is 1. The van der Waals surface area contributed by atoms with E-state index in [0.29, 0.717) is 17.8 Å². The first-order chi connectivity index (χ1) is 12.7. The van der Waals surface area contributed by atoms with Gasteiger partial charge in [0.2, 0.25) is 0 Å². The van der Waals surface area contributed by atoms with Crippen molar-refractivity contribution in [2.75, 3.05) is 45.8 Å². The topological polar surface area (TPSA) is 64.1 Å². The van der Waals surface area contributed by atoms with Crippen LogP contribution in [-0.4, -0.2) is 46.5 Å². The number of aliphatic imine (C=N–C) groups is 1. The SMILES string of the molecule is CCNC(=NCC1(CCOC)CCC1)Nc1ccc(OCC)c(OC)c1.I. The second-order valence-corrected chi connectivity index (χ2v) is 6.72. The highest BCUT2D eigenvalue weighted by molar-refractivity contribution is 14.0. The summed E-state index contributed by atoms with van der Waals surface area (Å²) in [6.45, 7) is 7.07. The molecule has 1 aromatic rings. The van der Waals surface area contributed by atoms with Crippen LogP contribution in [0.3, 0.4) is 0 Å². The number of rotatable bonds is 10. The van der Waals surface area contributed by atoms with Crippen LogP contribution in [0.4, 0.5) is 5.69 Å². The quantitative estimate of drug-likeness (QED) is 0.291. The number of nitrogens with zero attached hydrogens (tertiary/aromatic N) is 1. The Morgan fingerprint density at radius 3 is 2.52 bits per heavy atom. The maximum atomic E-state index is 5.58. The number of benzene rings is 1. The first-order valence-corrected chi connectivity index (χ1v) is 9.51. The fraction of sp³-hybridized carbons (Fsp3) is 0.650. The maximum Gasteiger partial charge on any atom is 0.195 e. The number of hydrogen-bond acceptors (Lipinski definition) is 4. The predicted octanol–water partition coefficient (Wildman–Crippen LogP) is 4.30. The third-order valence-electron chi connectivity index (χ3n) is 4.89. The van der Waals surface area contributed by atoms with E-state index in [1.54, 1.807) is 14.2 Å². The van der Waals surface area contributed by atoms with Crippen LogP contribution in [0.25, 0.3) is 0 Å². The molecule has 2 N–H and O–H groups in total. The molecule has 1 aromatic carbocycles. The Morgan fingerprint density at radius 2 is 1.96 bits per heavy atom. The lowest BCUT2D eigenvalue weighted by Crippen LogP contribution is -2.37. The number of nitrogens with one attached hydrogen (secondary N) is 2. The van der Waals surface area contributed by atoms with E-state index in [9.17, 15) is 0 Å². The molecule has 0 bridgehead atoms. The zero-order valence-electron chi connectivity index (χ0n) is 17.0. The van der Waals surface area contributed by atoms with Gasteiger partial charge in [0, 0.05) is 38.6 Å². The predicted molar refractivity (Wildman–Crippen MR) is 122 cm³/mol. The lowest BCUT2D eigenvalue weighted by Gasteiger charge is -2.40. The average Bonchev–Trinajstić information content (AvgIpc) is 2.62.